The van der Waals surface area contributed by atoms with Crippen LogP contribution in [0.25, 0.3) is 11.4 Å². The molecular weight excluding hydrogens is 350 g/mol. The van der Waals surface area contributed by atoms with Crippen LogP contribution in [-0.4, -0.2) is 31.6 Å². The van der Waals surface area contributed by atoms with Crippen molar-refractivity contribution >= 4 is 29.1 Å². The van der Waals surface area contributed by atoms with Crippen molar-refractivity contribution in [3.8, 4) is 11.4 Å². The molecule has 0 spiro atoms. The molecule has 2 aromatic heterocycles. The van der Waals surface area contributed by atoms with E-state index in [1.807, 2.05) is 0 Å². The van der Waals surface area contributed by atoms with E-state index >= 15 is 0 Å². The number of aromatic nitrogens is 4. The van der Waals surface area contributed by atoms with E-state index < -0.39 is 4.92 Å². The Labute approximate surface area is 146 Å². The topological polar surface area (TPSA) is 146 Å². The molecule has 0 fully saturated rings. The van der Waals surface area contributed by atoms with Gasteiger partial charge in [-0.3, -0.25) is 10.1 Å². The van der Waals surface area contributed by atoms with Crippen molar-refractivity contribution in [3.05, 3.63) is 51.5 Å². The Bertz CT molecular complexity index is 898. The number of hydrogen-bond donors (Lipinski definition) is 2. The van der Waals surface area contributed by atoms with E-state index in [4.69, 9.17) is 21.9 Å². The molecule has 0 atom stereocenters. The van der Waals surface area contributed by atoms with Gasteiger partial charge in [-0.1, -0.05) is 16.8 Å². The molecule has 0 saturated heterocycles. The predicted molar refractivity (Wildman–Crippen MR) is 90.0 cm³/mol. The normalized spacial score (nSPS) is 10.6. The highest BCUT2D eigenvalue weighted by Crippen LogP contribution is 2.19. The minimum Gasteiger partial charge on any atom is -0.378 e. The van der Waals surface area contributed by atoms with Gasteiger partial charge in [0.2, 0.25) is 23.5 Å². The van der Waals surface area contributed by atoms with Gasteiger partial charge in [0.15, 0.2) is 0 Å². The molecular formula is C14H12ClN7O3. The molecule has 11 heteroatoms. The zero-order valence-electron chi connectivity index (χ0n) is 12.7. The lowest BCUT2D eigenvalue weighted by Crippen LogP contribution is -2.10. The van der Waals surface area contributed by atoms with Gasteiger partial charge in [-0.15, -0.1) is 0 Å². The van der Waals surface area contributed by atoms with Crippen molar-refractivity contribution in [2.45, 2.75) is 6.42 Å². The van der Waals surface area contributed by atoms with Crippen molar-refractivity contribution in [1.29, 1.82) is 0 Å². The van der Waals surface area contributed by atoms with Crippen LogP contribution in [0.5, 0.6) is 0 Å². The molecule has 25 heavy (non-hydrogen) atoms. The van der Waals surface area contributed by atoms with Gasteiger partial charge < -0.3 is 15.6 Å². The summed E-state index contributed by atoms with van der Waals surface area (Å²) < 4.78 is 5.17. The minimum atomic E-state index is -0.643. The lowest BCUT2D eigenvalue weighted by Gasteiger charge is -2.03. The average Bonchev–Trinajstić information content (AvgIpc) is 3.04. The molecule has 2 heterocycles. The second kappa shape index (κ2) is 7.09. The van der Waals surface area contributed by atoms with Crippen LogP contribution in [0.1, 0.15) is 5.89 Å². The SMILES string of the molecule is Nc1nc(NCCc2nc(-c3ccc(Cl)cc3)no2)ncc1[N+](=O)[O-]. The van der Waals surface area contributed by atoms with Gasteiger partial charge in [0.25, 0.3) is 0 Å². The van der Waals surface area contributed by atoms with Gasteiger partial charge in [0.1, 0.15) is 6.20 Å². The van der Waals surface area contributed by atoms with E-state index in [1.165, 1.54) is 0 Å². The molecule has 128 valence electrons. The maximum absolute atomic E-state index is 10.7. The minimum absolute atomic E-state index is 0.181. The Kier molecular flexibility index (Phi) is 4.70. The summed E-state index contributed by atoms with van der Waals surface area (Å²) in [5, 5.41) is 18.1. The van der Waals surface area contributed by atoms with Crippen LogP contribution >= 0.6 is 11.6 Å². The van der Waals surface area contributed by atoms with Crippen molar-refractivity contribution in [1.82, 2.24) is 20.1 Å². The van der Waals surface area contributed by atoms with Crippen LogP contribution in [-0.2, 0) is 6.42 Å². The summed E-state index contributed by atoms with van der Waals surface area (Å²) in [4.78, 5) is 21.9. The summed E-state index contributed by atoms with van der Waals surface area (Å²) in [6, 6.07) is 7.07. The fraction of sp³-hybridized carbons (Fsp3) is 0.143. The van der Waals surface area contributed by atoms with E-state index in [0.717, 1.165) is 11.8 Å². The molecule has 3 N–H and O–H groups in total. The molecule has 0 bridgehead atoms. The van der Waals surface area contributed by atoms with Crippen molar-refractivity contribution < 1.29 is 9.45 Å². The highest BCUT2D eigenvalue weighted by Gasteiger charge is 2.14. The summed E-state index contributed by atoms with van der Waals surface area (Å²) in [7, 11) is 0. The number of nitrogens with one attached hydrogen (secondary N) is 1. The number of rotatable bonds is 6. The molecule has 0 radical (unpaired) electrons. The first-order chi connectivity index (χ1) is 12.0. The largest absolute Gasteiger partial charge is 0.378 e. The first-order valence-electron chi connectivity index (χ1n) is 7.12. The monoisotopic (exact) mass is 361 g/mol. The van der Waals surface area contributed by atoms with Gasteiger partial charge in [-0.05, 0) is 24.3 Å². The lowest BCUT2D eigenvalue weighted by molar-refractivity contribution is -0.384. The third-order valence-corrected chi connectivity index (χ3v) is 3.44. The van der Waals surface area contributed by atoms with Gasteiger partial charge in [-0.25, -0.2) is 4.98 Å². The molecule has 0 amide bonds. The molecule has 0 unspecified atom stereocenters. The summed E-state index contributed by atoms with van der Waals surface area (Å²) in [6.45, 7) is 0.388. The number of anilines is 2. The summed E-state index contributed by atoms with van der Waals surface area (Å²) in [5.41, 5.74) is 5.95. The third kappa shape index (κ3) is 3.98. The summed E-state index contributed by atoms with van der Waals surface area (Å²) >= 11 is 5.84. The third-order valence-electron chi connectivity index (χ3n) is 3.19. The molecule has 1 aromatic carbocycles. The first kappa shape index (κ1) is 16.6. The number of hydrogen-bond acceptors (Lipinski definition) is 9. The van der Waals surface area contributed by atoms with E-state index in [1.54, 1.807) is 24.3 Å². The van der Waals surface area contributed by atoms with Crippen molar-refractivity contribution in [2.24, 2.45) is 0 Å². The summed E-state index contributed by atoms with van der Waals surface area (Å²) in [5.74, 6) is 0.862. The number of benzene rings is 1. The Morgan fingerprint density at radius 1 is 1.28 bits per heavy atom. The van der Waals surface area contributed by atoms with Gasteiger partial charge >= 0.3 is 5.69 Å². The smallest absolute Gasteiger partial charge is 0.329 e. The maximum atomic E-state index is 10.7. The molecule has 0 aliphatic carbocycles. The van der Waals surface area contributed by atoms with Crippen molar-refractivity contribution in [2.75, 3.05) is 17.6 Å². The van der Waals surface area contributed by atoms with Crippen LogP contribution in [0, 0.1) is 10.1 Å². The van der Waals surface area contributed by atoms with Crippen LogP contribution in [0.2, 0.25) is 5.02 Å². The molecule has 0 aliphatic heterocycles. The zero-order valence-corrected chi connectivity index (χ0v) is 13.5. The number of nitro groups is 1. The van der Waals surface area contributed by atoms with E-state index in [9.17, 15) is 10.1 Å². The van der Waals surface area contributed by atoms with Crippen LogP contribution in [0.4, 0.5) is 17.5 Å². The Morgan fingerprint density at radius 3 is 2.72 bits per heavy atom. The summed E-state index contributed by atoms with van der Waals surface area (Å²) in [6.07, 6.45) is 1.47. The van der Waals surface area contributed by atoms with E-state index in [2.05, 4.69) is 25.4 Å². The van der Waals surface area contributed by atoms with Crippen LogP contribution in [0.15, 0.2) is 35.0 Å². The second-order valence-corrected chi connectivity index (χ2v) is 5.35. The van der Waals surface area contributed by atoms with Gasteiger partial charge in [0, 0.05) is 23.6 Å². The Morgan fingerprint density at radius 2 is 2.04 bits per heavy atom. The fourth-order valence-electron chi connectivity index (χ4n) is 1.97. The average molecular weight is 362 g/mol. The van der Waals surface area contributed by atoms with E-state index in [0.29, 0.717) is 29.7 Å². The molecule has 3 aromatic rings. The molecule has 0 saturated carbocycles. The second-order valence-electron chi connectivity index (χ2n) is 4.92. The number of nitrogen functional groups attached to an aromatic ring is 1. The van der Waals surface area contributed by atoms with Crippen LogP contribution in [0.3, 0.4) is 0 Å². The molecule has 10 nitrogen and oxygen atoms in total. The van der Waals surface area contributed by atoms with E-state index in [-0.39, 0.29) is 17.5 Å². The first-order valence-corrected chi connectivity index (χ1v) is 7.50. The lowest BCUT2D eigenvalue weighted by atomic mass is 10.2. The Balaban J connectivity index is 1.58. The zero-order chi connectivity index (χ0) is 17.8. The Hall–Kier alpha value is -3.27. The maximum Gasteiger partial charge on any atom is 0.329 e. The highest BCUT2D eigenvalue weighted by atomic mass is 35.5. The predicted octanol–water partition coefficient (Wildman–Crippen LogP) is 2.33. The number of nitrogens with two attached hydrogens (primary N) is 1. The quantitative estimate of drug-likeness (QED) is 0.498. The van der Waals surface area contributed by atoms with Gasteiger partial charge in [0.05, 0.1) is 4.92 Å². The fourth-order valence-corrected chi connectivity index (χ4v) is 2.09. The highest BCUT2D eigenvalue weighted by molar-refractivity contribution is 6.30. The van der Waals surface area contributed by atoms with Crippen LogP contribution < -0.4 is 11.1 Å². The molecule has 0 aliphatic rings. The van der Waals surface area contributed by atoms with Crippen molar-refractivity contribution in [3.63, 3.8) is 0 Å². The molecule has 3 rings (SSSR count). The van der Waals surface area contributed by atoms with Gasteiger partial charge in [-0.2, -0.15) is 9.97 Å². The standard InChI is InChI=1S/C14H12ClN7O3/c15-9-3-1-8(2-4-9)13-19-11(25-21-13)5-6-17-14-18-7-10(22(23)24)12(16)20-14/h1-4,7H,5-6H2,(H3,16,17,18,20). The number of nitrogens with zero attached hydrogens (tertiary/aromatic N) is 5. The number of halogens is 1.